The van der Waals surface area contributed by atoms with Gasteiger partial charge in [-0.25, -0.2) is 0 Å². The summed E-state index contributed by atoms with van der Waals surface area (Å²) in [7, 11) is 0. The number of rotatable bonds is 7. The van der Waals surface area contributed by atoms with Crippen LogP contribution in [0.5, 0.6) is 11.5 Å². The number of hydrogen-bond acceptors (Lipinski definition) is 7. The topological polar surface area (TPSA) is 61.8 Å². The number of thioether (sulfide) groups is 2. The van der Waals surface area contributed by atoms with Crippen LogP contribution in [0.25, 0.3) is 0 Å². The minimum absolute atomic E-state index is 0.109. The van der Waals surface area contributed by atoms with Gasteiger partial charge in [-0.3, -0.25) is 9.59 Å². The first-order chi connectivity index (χ1) is 19.1. The van der Waals surface area contributed by atoms with E-state index in [9.17, 15) is 9.59 Å². The van der Waals surface area contributed by atoms with Crippen LogP contribution in [0.3, 0.4) is 0 Å². The van der Waals surface area contributed by atoms with Crippen LogP contribution in [0.4, 0.5) is 0 Å². The number of carbonyl (C=O) groups is 2. The Bertz CT molecular complexity index is 1180. The minimum Gasteiger partial charge on any atom is -0.487 e. The van der Waals surface area contributed by atoms with Gasteiger partial charge in [-0.2, -0.15) is 0 Å². The third-order valence-electron chi connectivity index (χ3n) is 6.72. The first-order valence-corrected chi connectivity index (χ1v) is 14.3. The highest BCUT2D eigenvalue weighted by molar-refractivity contribution is 8.17. The van der Waals surface area contributed by atoms with Gasteiger partial charge in [-0.15, -0.1) is 23.5 Å². The van der Waals surface area contributed by atoms with Gasteiger partial charge in [0.05, 0.1) is 10.7 Å². The van der Waals surface area contributed by atoms with Crippen molar-refractivity contribution >= 4 is 35.5 Å². The lowest BCUT2D eigenvalue weighted by atomic mass is 9.68. The molecule has 4 atom stereocenters. The zero-order valence-electron chi connectivity index (χ0n) is 26.6. The number of esters is 2. The Labute approximate surface area is 226 Å². The van der Waals surface area contributed by atoms with E-state index in [1.807, 2.05) is 23.5 Å². The zero-order chi connectivity index (χ0) is 30.2. The summed E-state index contributed by atoms with van der Waals surface area (Å²) in [6.07, 6.45) is 4.44. The van der Waals surface area contributed by atoms with E-state index in [1.165, 1.54) is 25.8 Å². The number of benzene rings is 1. The zero-order valence-corrected chi connectivity index (χ0v) is 22.2. The Kier molecular flexibility index (Phi) is 6.24. The second-order valence-corrected chi connectivity index (χ2v) is 12.4. The summed E-state index contributed by atoms with van der Waals surface area (Å²) in [4.78, 5) is 23.6. The lowest BCUT2D eigenvalue weighted by molar-refractivity contribution is -0.145. The van der Waals surface area contributed by atoms with Crippen molar-refractivity contribution in [2.75, 3.05) is 11.5 Å². The average molecular weight is 525 g/mol. The van der Waals surface area contributed by atoms with Crippen molar-refractivity contribution in [3.63, 3.8) is 0 Å². The SMILES string of the molecule is [2H]C([2H])([2H])C(CCCc1cc(OC(C)=O)c2c(c1)OC(C)(C([2H])([2H])[2H])C1CCC(C3SCCCS3)=CC21)OC(C)=O. The molecule has 7 heteroatoms. The molecule has 4 unspecified atom stereocenters. The molecule has 192 valence electrons. The number of carbonyl (C=O) groups excluding carboxylic acids is 2. The van der Waals surface area contributed by atoms with Crippen LogP contribution in [0, 0.1) is 5.92 Å². The summed E-state index contributed by atoms with van der Waals surface area (Å²) in [5.41, 5.74) is 1.23. The van der Waals surface area contributed by atoms with Crippen molar-refractivity contribution in [3.8, 4) is 11.5 Å². The summed E-state index contributed by atoms with van der Waals surface area (Å²) in [6, 6.07) is 3.55. The molecule has 2 aliphatic heterocycles. The number of aryl methyl sites for hydroxylation is 1. The van der Waals surface area contributed by atoms with E-state index in [0.717, 1.165) is 17.9 Å². The molecule has 0 radical (unpaired) electrons. The van der Waals surface area contributed by atoms with E-state index in [1.54, 1.807) is 19.1 Å². The number of hydrogen-bond donors (Lipinski definition) is 0. The largest absolute Gasteiger partial charge is 0.487 e. The Balaban J connectivity index is 1.72. The highest BCUT2D eigenvalue weighted by atomic mass is 32.2. The third kappa shape index (κ3) is 6.40. The predicted molar refractivity (Wildman–Crippen MR) is 143 cm³/mol. The molecule has 4 rings (SSSR count). The van der Waals surface area contributed by atoms with Crippen LogP contribution in [0.2, 0.25) is 0 Å². The minimum atomic E-state index is -2.45. The van der Waals surface area contributed by atoms with Crippen molar-refractivity contribution < 1.29 is 32.0 Å². The van der Waals surface area contributed by atoms with Gasteiger partial charge in [-0.05, 0) is 88.4 Å². The second-order valence-electron chi connectivity index (χ2n) is 9.64. The van der Waals surface area contributed by atoms with Gasteiger partial charge in [0.2, 0.25) is 0 Å². The van der Waals surface area contributed by atoms with E-state index in [-0.39, 0.29) is 18.3 Å². The summed E-state index contributed by atoms with van der Waals surface area (Å²) < 4.78 is 65.8. The summed E-state index contributed by atoms with van der Waals surface area (Å²) >= 11 is 3.85. The van der Waals surface area contributed by atoms with Gasteiger partial charge >= 0.3 is 11.9 Å². The molecule has 0 spiro atoms. The molecular formula is C28H38O5S2. The third-order valence-corrected chi connectivity index (χ3v) is 9.80. The van der Waals surface area contributed by atoms with E-state index >= 15 is 0 Å². The average Bonchev–Trinajstić information content (AvgIpc) is 2.86. The first kappa shape index (κ1) is 19.5. The molecule has 1 aromatic rings. The second kappa shape index (κ2) is 11.2. The quantitative estimate of drug-likeness (QED) is 0.224. The molecule has 0 N–H and O–H groups in total. The summed E-state index contributed by atoms with van der Waals surface area (Å²) in [5.74, 6) is 1.09. The van der Waals surface area contributed by atoms with Gasteiger partial charge < -0.3 is 14.2 Å². The van der Waals surface area contributed by atoms with Crippen LogP contribution >= 0.6 is 23.5 Å². The van der Waals surface area contributed by atoms with Crippen LogP contribution in [-0.4, -0.2) is 39.7 Å². The molecule has 0 aromatic heterocycles. The van der Waals surface area contributed by atoms with Crippen molar-refractivity contribution in [2.45, 2.75) is 95.2 Å². The molecule has 1 saturated heterocycles. The van der Waals surface area contributed by atoms with Gasteiger partial charge in [0.1, 0.15) is 17.1 Å². The smallest absolute Gasteiger partial charge is 0.308 e. The summed E-state index contributed by atoms with van der Waals surface area (Å²) in [5, 5.41) is 0. The van der Waals surface area contributed by atoms with E-state index < -0.39 is 37.3 Å². The molecule has 0 amide bonds. The number of ether oxygens (including phenoxy) is 3. The van der Waals surface area contributed by atoms with E-state index in [2.05, 4.69) is 6.08 Å². The first-order valence-electron chi connectivity index (χ1n) is 15.3. The monoisotopic (exact) mass is 524 g/mol. The van der Waals surface area contributed by atoms with Gasteiger partial charge in [0.15, 0.2) is 0 Å². The molecule has 3 aliphatic rings. The van der Waals surface area contributed by atoms with Gasteiger partial charge in [0, 0.05) is 39.5 Å². The lowest BCUT2D eigenvalue weighted by Gasteiger charge is -2.47. The van der Waals surface area contributed by atoms with Crippen molar-refractivity contribution in [1.82, 2.24) is 0 Å². The summed E-state index contributed by atoms with van der Waals surface area (Å²) in [6.45, 7) is -0.700. The number of fused-ring (bicyclic) bond motifs is 3. The van der Waals surface area contributed by atoms with E-state index in [0.29, 0.717) is 46.5 Å². The molecule has 1 fully saturated rings. The van der Waals surface area contributed by atoms with Crippen molar-refractivity contribution in [2.24, 2.45) is 5.92 Å². The van der Waals surface area contributed by atoms with Crippen LogP contribution < -0.4 is 9.47 Å². The van der Waals surface area contributed by atoms with Gasteiger partial charge in [0.25, 0.3) is 0 Å². The van der Waals surface area contributed by atoms with Crippen molar-refractivity contribution in [3.05, 3.63) is 34.9 Å². The molecule has 35 heavy (non-hydrogen) atoms. The Morgan fingerprint density at radius 1 is 1.26 bits per heavy atom. The van der Waals surface area contributed by atoms with Crippen LogP contribution in [0.15, 0.2) is 23.8 Å². The molecule has 5 nitrogen and oxygen atoms in total. The Morgan fingerprint density at radius 2 is 2.06 bits per heavy atom. The fourth-order valence-electron chi connectivity index (χ4n) is 5.24. The maximum Gasteiger partial charge on any atom is 0.308 e. The van der Waals surface area contributed by atoms with Crippen LogP contribution in [-0.2, 0) is 20.7 Å². The van der Waals surface area contributed by atoms with Crippen LogP contribution in [0.1, 0.15) is 91.8 Å². The maximum absolute atomic E-state index is 12.2. The Morgan fingerprint density at radius 3 is 2.74 bits per heavy atom. The maximum atomic E-state index is 12.2. The fourth-order valence-corrected chi connectivity index (χ4v) is 8.26. The predicted octanol–water partition coefficient (Wildman–Crippen LogP) is 6.67. The fraction of sp³-hybridized carbons (Fsp3) is 0.643. The van der Waals surface area contributed by atoms with E-state index in [4.69, 9.17) is 22.4 Å². The molecule has 1 aliphatic carbocycles. The molecule has 0 bridgehead atoms. The molecule has 1 aromatic carbocycles. The molecule has 2 heterocycles. The normalized spacial score (nSPS) is 30.3. The highest BCUT2D eigenvalue weighted by Gasteiger charge is 2.46. The number of allylic oxidation sites excluding steroid dienone is 1. The lowest BCUT2D eigenvalue weighted by Crippen LogP contribution is -2.45. The standard InChI is InChI=1S/C28H38O5S2/c1-17(31-18(2)29)8-6-9-20-14-24(32-19(3)30)26-22-16-21(27-34-12-7-13-35-27)10-11-23(22)28(4,5)33-25(26)15-20/h14-17,22-23,27H,6-13H2,1-5H3/i1D3,4D3. The molecular weight excluding hydrogens is 480 g/mol. The van der Waals surface area contributed by atoms with Crippen molar-refractivity contribution in [1.29, 1.82) is 0 Å². The Hall–Kier alpha value is -1.60. The molecule has 0 saturated carbocycles. The highest BCUT2D eigenvalue weighted by Crippen LogP contribution is 2.55. The van der Waals surface area contributed by atoms with Gasteiger partial charge in [-0.1, -0.05) is 11.6 Å².